The Balaban J connectivity index is 1.32. The summed E-state index contributed by atoms with van der Waals surface area (Å²) in [4.78, 5) is 22.8. The van der Waals surface area contributed by atoms with Crippen molar-refractivity contribution in [2.45, 2.75) is 18.8 Å². The third-order valence-electron chi connectivity index (χ3n) is 5.66. The number of pyridine rings is 1. The molecule has 5 rings (SSSR count). The fourth-order valence-corrected chi connectivity index (χ4v) is 4.17. The standard InChI is InChI=1S/C23H21N3O/c27-23(22-10-9-17-5-1-3-7-20(17)25-22)26-13-11-16(12-14-26)19-15-24-21-8-4-2-6-18(19)21/h1-10,15-16,24H,11-14H2. The maximum Gasteiger partial charge on any atom is 0.272 e. The van der Waals surface area contributed by atoms with Crippen molar-refractivity contribution in [2.75, 3.05) is 13.1 Å². The first kappa shape index (κ1) is 16.1. The molecule has 0 saturated carbocycles. The van der Waals surface area contributed by atoms with Gasteiger partial charge in [-0.15, -0.1) is 0 Å². The van der Waals surface area contributed by atoms with Crippen LogP contribution in [0.2, 0.25) is 0 Å². The van der Waals surface area contributed by atoms with Gasteiger partial charge in [-0.2, -0.15) is 0 Å². The molecule has 0 unspecified atom stereocenters. The summed E-state index contributed by atoms with van der Waals surface area (Å²) in [6, 6.07) is 20.2. The van der Waals surface area contributed by atoms with Crippen LogP contribution in [0.3, 0.4) is 0 Å². The summed E-state index contributed by atoms with van der Waals surface area (Å²) >= 11 is 0. The number of nitrogens with one attached hydrogen (secondary N) is 1. The van der Waals surface area contributed by atoms with Crippen LogP contribution in [0.15, 0.2) is 66.9 Å². The number of piperidine rings is 1. The van der Waals surface area contributed by atoms with E-state index in [0.717, 1.165) is 36.8 Å². The lowest BCUT2D eigenvalue weighted by molar-refractivity contribution is 0.0708. The number of rotatable bonds is 2. The molecule has 0 atom stereocenters. The van der Waals surface area contributed by atoms with Crippen LogP contribution in [0.25, 0.3) is 21.8 Å². The number of hydrogen-bond acceptors (Lipinski definition) is 2. The number of carbonyl (C=O) groups is 1. The van der Waals surface area contributed by atoms with E-state index in [2.05, 4.69) is 40.4 Å². The third kappa shape index (κ3) is 2.87. The highest BCUT2D eigenvalue weighted by Crippen LogP contribution is 2.33. The van der Waals surface area contributed by atoms with Crippen molar-refractivity contribution in [3.05, 3.63) is 78.1 Å². The number of para-hydroxylation sites is 2. The van der Waals surface area contributed by atoms with Gasteiger partial charge in [-0.3, -0.25) is 4.79 Å². The average molecular weight is 355 g/mol. The first-order valence-electron chi connectivity index (χ1n) is 9.51. The molecule has 0 bridgehead atoms. The van der Waals surface area contributed by atoms with Crippen LogP contribution in [0.1, 0.15) is 34.8 Å². The molecule has 4 nitrogen and oxygen atoms in total. The van der Waals surface area contributed by atoms with Crippen molar-refractivity contribution in [1.29, 1.82) is 0 Å². The summed E-state index contributed by atoms with van der Waals surface area (Å²) < 4.78 is 0. The molecule has 27 heavy (non-hydrogen) atoms. The highest BCUT2D eigenvalue weighted by molar-refractivity contribution is 5.95. The monoisotopic (exact) mass is 355 g/mol. The maximum absolute atomic E-state index is 12.9. The molecule has 4 heteroatoms. The molecule has 2 aromatic carbocycles. The van der Waals surface area contributed by atoms with Gasteiger partial charge >= 0.3 is 0 Å². The fraction of sp³-hybridized carbons (Fsp3) is 0.217. The maximum atomic E-state index is 12.9. The van der Waals surface area contributed by atoms with Gasteiger partial charge in [0.1, 0.15) is 5.69 Å². The van der Waals surface area contributed by atoms with Crippen molar-refractivity contribution in [2.24, 2.45) is 0 Å². The molecule has 0 radical (unpaired) electrons. The van der Waals surface area contributed by atoms with Crippen molar-refractivity contribution in [3.8, 4) is 0 Å². The van der Waals surface area contributed by atoms with Crippen LogP contribution in [0.4, 0.5) is 0 Å². The highest BCUT2D eigenvalue weighted by atomic mass is 16.2. The van der Waals surface area contributed by atoms with E-state index in [-0.39, 0.29) is 5.91 Å². The Bertz CT molecular complexity index is 1120. The molecular formula is C23H21N3O. The Labute approximate surface area is 157 Å². The minimum Gasteiger partial charge on any atom is -0.361 e. The number of hydrogen-bond donors (Lipinski definition) is 1. The molecule has 3 heterocycles. The Morgan fingerprint density at radius 2 is 1.74 bits per heavy atom. The normalized spacial score (nSPS) is 15.5. The minimum atomic E-state index is 0.0399. The smallest absolute Gasteiger partial charge is 0.272 e. The van der Waals surface area contributed by atoms with Crippen molar-refractivity contribution < 1.29 is 4.79 Å². The lowest BCUT2D eigenvalue weighted by atomic mass is 9.89. The van der Waals surface area contributed by atoms with E-state index < -0.39 is 0 Å². The van der Waals surface area contributed by atoms with E-state index in [1.54, 1.807) is 0 Å². The fourth-order valence-electron chi connectivity index (χ4n) is 4.17. The number of aromatic amines is 1. The Hall–Kier alpha value is -3.14. The average Bonchev–Trinajstić information content (AvgIpc) is 3.17. The summed E-state index contributed by atoms with van der Waals surface area (Å²) in [5, 5.41) is 2.37. The lowest BCUT2D eigenvalue weighted by Crippen LogP contribution is -2.38. The topological polar surface area (TPSA) is 49.0 Å². The number of H-pyrrole nitrogens is 1. The first-order chi connectivity index (χ1) is 13.3. The van der Waals surface area contributed by atoms with Crippen LogP contribution < -0.4 is 0 Å². The summed E-state index contributed by atoms with van der Waals surface area (Å²) in [6.07, 6.45) is 4.11. The number of amides is 1. The van der Waals surface area contributed by atoms with Crippen LogP contribution in [0.5, 0.6) is 0 Å². The van der Waals surface area contributed by atoms with E-state index in [0.29, 0.717) is 11.6 Å². The minimum absolute atomic E-state index is 0.0399. The predicted octanol–water partition coefficient (Wildman–Crippen LogP) is 4.74. The summed E-state index contributed by atoms with van der Waals surface area (Å²) in [7, 11) is 0. The third-order valence-corrected chi connectivity index (χ3v) is 5.66. The zero-order valence-corrected chi connectivity index (χ0v) is 15.1. The first-order valence-corrected chi connectivity index (χ1v) is 9.51. The molecule has 0 spiro atoms. The molecule has 1 fully saturated rings. The zero-order chi connectivity index (χ0) is 18.2. The number of likely N-dealkylation sites (tertiary alicyclic amines) is 1. The second kappa shape index (κ2) is 6.54. The number of carbonyl (C=O) groups excluding carboxylic acids is 1. The second-order valence-electron chi connectivity index (χ2n) is 7.25. The van der Waals surface area contributed by atoms with Crippen molar-refractivity contribution >= 4 is 27.7 Å². The molecular weight excluding hydrogens is 334 g/mol. The van der Waals surface area contributed by atoms with Gasteiger partial charge in [0.15, 0.2) is 0 Å². The summed E-state index contributed by atoms with van der Waals surface area (Å²) in [6.45, 7) is 1.55. The molecule has 1 aliphatic heterocycles. The molecule has 134 valence electrons. The van der Waals surface area contributed by atoms with Gasteiger partial charge in [0.25, 0.3) is 5.91 Å². The quantitative estimate of drug-likeness (QED) is 0.565. The lowest BCUT2D eigenvalue weighted by Gasteiger charge is -2.31. The van der Waals surface area contributed by atoms with Gasteiger partial charge in [0.05, 0.1) is 5.52 Å². The summed E-state index contributed by atoms with van der Waals surface area (Å²) in [5.74, 6) is 0.535. The van der Waals surface area contributed by atoms with Gasteiger partial charge in [-0.25, -0.2) is 4.98 Å². The molecule has 1 amide bonds. The van der Waals surface area contributed by atoms with Gasteiger partial charge in [-0.05, 0) is 42.5 Å². The molecule has 1 aliphatic rings. The van der Waals surface area contributed by atoms with E-state index in [1.165, 1.54) is 16.5 Å². The number of nitrogens with zero attached hydrogens (tertiary/aromatic N) is 2. The molecule has 4 aromatic rings. The Kier molecular flexibility index (Phi) is 3.89. The van der Waals surface area contributed by atoms with Crippen LogP contribution in [-0.4, -0.2) is 33.9 Å². The van der Waals surface area contributed by atoms with Crippen LogP contribution in [-0.2, 0) is 0 Å². The van der Waals surface area contributed by atoms with E-state index in [4.69, 9.17) is 0 Å². The van der Waals surface area contributed by atoms with E-state index >= 15 is 0 Å². The van der Waals surface area contributed by atoms with E-state index in [1.807, 2.05) is 41.3 Å². The van der Waals surface area contributed by atoms with Crippen molar-refractivity contribution in [3.63, 3.8) is 0 Å². The largest absolute Gasteiger partial charge is 0.361 e. The SMILES string of the molecule is O=C(c1ccc2ccccc2n1)N1CCC(c2c[nH]c3ccccc23)CC1. The van der Waals surface area contributed by atoms with Crippen LogP contribution in [0, 0.1) is 0 Å². The van der Waals surface area contributed by atoms with E-state index in [9.17, 15) is 4.79 Å². The molecule has 0 aliphatic carbocycles. The number of fused-ring (bicyclic) bond motifs is 2. The highest BCUT2D eigenvalue weighted by Gasteiger charge is 2.26. The number of benzene rings is 2. The number of aromatic nitrogens is 2. The van der Waals surface area contributed by atoms with Gasteiger partial charge < -0.3 is 9.88 Å². The Morgan fingerprint density at radius 1 is 0.963 bits per heavy atom. The predicted molar refractivity (Wildman–Crippen MR) is 108 cm³/mol. The summed E-state index contributed by atoms with van der Waals surface area (Å²) in [5.41, 5.74) is 3.98. The van der Waals surface area contributed by atoms with Crippen molar-refractivity contribution in [1.82, 2.24) is 14.9 Å². The zero-order valence-electron chi connectivity index (χ0n) is 15.1. The molecule has 2 aromatic heterocycles. The van der Waals surface area contributed by atoms with Crippen LogP contribution >= 0.6 is 0 Å². The second-order valence-corrected chi connectivity index (χ2v) is 7.25. The van der Waals surface area contributed by atoms with Gasteiger partial charge in [-0.1, -0.05) is 42.5 Å². The van der Waals surface area contributed by atoms with Gasteiger partial charge in [0, 0.05) is 35.6 Å². The molecule has 1 saturated heterocycles. The van der Waals surface area contributed by atoms with Gasteiger partial charge in [0.2, 0.25) is 0 Å². The Morgan fingerprint density at radius 3 is 2.63 bits per heavy atom. The molecule has 1 N–H and O–H groups in total.